The van der Waals surface area contributed by atoms with Crippen molar-refractivity contribution in [2.45, 2.75) is 52.1 Å². The molecule has 1 rings (SSSR count). The van der Waals surface area contributed by atoms with Crippen molar-refractivity contribution in [2.24, 2.45) is 23.7 Å². The summed E-state index contributed by atoms with van der Waals surface area (Å²) in [5.74, 6) is -5.31. The van der Waals surface area contributed by atoms with Crippen molar-refractivity contribution in [1.82, 2.24) is 10.6 Å². The molecule has 5 atom stereocenters. The van der Waals surface area contributed by atoms with E-state index < -0.39 is 48.2 Å². The van der Waals surface area contributed by atoms with Crippen molar-refractivity contribution < 1.29 is 93.6 Å². The number of amides is 2. The first kappa shape index (κ1) is 31.0. The zero-order valence-electron chi connectivity index (χ0n) is 17.7. The molecule has 2 amide bonds. The fourth-order valence-corrected chi connectivity index (χ4v) is 3.37. The maximum absolute atomic E-state index is 12.3. The van der Waals surface area contributed by atoms with E-state index in [0.717, 1.165) is 0 Å². The van der Waals surface area contributed by atoms with E-state index in [9.17, 15) is 34.5 Å². The molecule has 0 heterocycles. The van der Waals surface area contributed by atoms with Gasteiger partial charge in [0.2, 0.25) is 11.8 Å². The van der Waals surface area contributed by atoms with Gasteiger partial charge in [-0.1, -0.05) is 13.8 Å². The molecule has 0 radical (unpaired) electrons. The Bertz CT molecular complexity index is 562. The Morgan fingerprint density at radius 1 is 1.10 bits per heavy atom. The Labute approximate surface area is 215 Å². The third kappa shape index (κ3) is 11.1. The fraction of sp³-hybridized carbons (Fsp3) is 0.778. The third-order valence-electron chi connectivity index (χ3n) is 5.14. The molecule has 154 valence electrons. The summed E-state index contributed by atoms with van der Waals surface area (Å²) in [6, 6.07) is 0. The number of rotatable bonds is 10. The standard InChI is InChI=1S/C18H30N2O7.2Na/c1-3-12(6-10(2)18(26)27)16(24)19-8-11-4-5-14(21)13(7-11)17(25)20-9-15(22)23;;/h10-14,21H,3-9H2,1-2H3,(H,19,24)(H,20,25)(H,22,23)(H,26,27);;/q;2*+1/p-2. The Morgan fingerprint density at radius 3 is 2.24 bits per heavy atom. The monoisotopic (exact) mass is 430 g/mol. The molecule has 11 heteroatoms. The van der Waals surface area contributed by atoms with Gasteiger partial charge in [0.1, 0.15) is 0 Å². The second kappa shape index (κ2) is 15.6. The summed E-state index contributed by atoms with van der Waals surface area (Å²) in [4.78, 5) is 45.6. The molecule has 9 nitrogen and oxygen atoms in total. The van der Waals surface area contributed by atoms with Crippen molar-refractivity contribution in [1.29, 1.82) is 0 Å². The number of carbonyl (C=O) groups is 4. The second-order valence-electron chi connectivity index (χ2n) is 7.25. The number of hydrogen-bond donors (Lipinski definition) is 3. The van der Waals surface area contributed by atoms with E-state index in [2.05, 4.69) is 10.6 Å². The molecule has 5 unspecified atom stereocenters. The van der Waals surface area contributed by atoms with Crippen LogP contribution in [0.4, 0.5) is 0 Å². The maximum atomic E-state index is 12.3. The molecule has 0 bridgehead atoms. The summed E-state index contributed by atoms with van der Waals surface area (Å²) in [5, 5.41) is 36.3. The van der Waals surface area contributed by atoms with Crippen LogP contribution in [0.2, 0.25) is 0 Å². The second-order valence-corrected chi connectivity index (χ2v) is 7.25. The largest absolute Gasteiger partial charge is 1.00 e. The average molecular weight is 430 g/mol. The van der Waals surface area contributed by atoms with Gasteiger partial charge in [0.15, 0.2) is 0 Å². The van der Waals surface area contributed by atoms with Crippen LogP contribution in [0.25, 0.3) is 0 Å². The predicted molar refractivity (Wildman–Crippen MR) is 90.4 cm³/mol. The molecule has 1 aliphatic rings. The number of nitrogens with one attached hydrogen (secondary N) is 2. The van der Waals surface area contributed by atoms with Crippen LogP contribution >= 0.6 is 0 Å². The van der Waals surface area contributed by atoms with Crippen LogP contribution in [-0.2, 0) is 19.2 Å². The number of aliphatic hydroxyl groups is 1. The number of carboxylic acid groups (broad SMARTS) is 2. The van der Waals surface area contributed by atoms with Gasteiger partial charge in [-0.05, 0) is 43.9 Å². The SMILES string of the molecule is CCC(CC(C)C(=O)[O-])C(=O)NCC1CCC(O)C(C(=O)NCC(=O)[O-])C1.[Na+].[Na+]. The van der Waals surface area contributed by atoms with Crippen molar-refractivity contribution in [2.75, 3.05) is 13.1 Å². The van der Waals surface area contributed by atoms with E-state index in [1.54, 1.807) is 6.92 Å². The van der Waals surface area contributed by atoms with Crippen LogP contribution < -0.4 is 80.0 Å². The van der Waals surface area contributed by atoms with Gasteiger partial charge in [-0.15, -0.1) is 0 Å². The Balaban J connectivity index is 0. The van der Waals surface area contributed by atoms with Gasteiger partial charge in [-0.2, -0.15) is 0 Å². The van der Waals surface area contributed by atoms with Crippen LogP contribution in [0.3, 0.4) is 0 Å². The number of carbonyl (C=O) groups excluding carboxylic acids is 4. The summed E-state index contributed by atoms with van der Waals surface area (Å²) < 4.78 is 0. The molecule has 0 spiro atoms. The first-order chi connectivity index (χ1) is 12.6. The molecular formula is C18H28N2Na2O7. The van der Waals surface area contributed by atoms with E-state index in [1.807, 2.05) is 0 Å². The molecule has 0 aliphatic heterocycles. The topological polar surface area (TPSA) is 159 Å². The number of carboxylic acids is 2. The molecule has 0 aromatic heterocycles. The van der Waals surface area contributed by atoms with E-state index in [-0.39, 0.29) is 77.4 Å². The first-order valence-electron chi connectivity index (χ1n) is 9.29. The average Bonchev–Trinajstić information content (AvgIpc) is 2.62. The van der Waals surface area contributed by atoms with Crippen molar-refractivity contribution >= 4 is 23.8 Å². The van der Waals surface area contributed by atoms with Crippen LogP contribution in [0, 0.1) is 23.7 Å². The zero-order valence-corrected chi connectivity index (χ0v) is 21.7. The minimum Gasteiger partial charge on any atom is -0.550 e. The minimum atomic E-state index is -1.41. The van der Waals surface area contributed by atoms with Crippen molar-refractivity contribution in [3.8, 4) is 0 Å². The first-order valence-corrected chi connectivity index (χ1v) is 9.29. The summed E-state index contributed by atoms with van der Waals surface area (Å²) in [5.41, 5.74) is 0. The molecule has 29 heavy (non-hydrogen) atoms. The number of aliphatic hydroxyl groups excluding tert-OH is 1. The Kier molecular flexibility index (Phi) is 16.7. The van der Waals surface area contributed by atoms with Crippen LogP contribution in [0.15, 0.2) is 0 Å². The van der Waals surface area contributed by atoms with Crippen LogP contribution in [0.1, 0.15) is 46.0 Å². The van der Waals surface area contributed by atoms with Crippen LogP contribution in [-0.4, -0.2) is 48.1 Å². The van der Waals surface area contributed by atoms with Gasteiger partial charge < -0.3 is 35.5 Å². The number of aliphatic carboxylic acids is 2. The molecule has 0 aromatic carbocycles. The van der Waals surface area contributed by atoms with Gasteiger partial charge in [0.25, 0.3) is 0 Å². The Morgan fingerprint density at radius 2 is 1.72 bits per heavy atom. The summed E-state index contributed by atoms with van der Waals surface area (Å²) in [6.45, 7) is 3.01. The van der Waals surface area contributed by atoms with Crippen LogP contribution in [0.5, 0.6) is 0 Å². The zero-order chi connectivity index (χ0) is 20.6. The number of hydrogen-bond acceptors (Lipinski definition) is 7. The van der Waals surface area contributed by atoms with E-state index in [4.69, 9.17) is 0 Å². The van der Waals surface area contributed by atoms with Gasteiger partial charge in [-0.25, -0.2) is 0 Å². The molecule has 3 N–H and O–H groups in total. The fourth-order valence-electron chi connectivity index (χ4n) is 3.37. The summed E-state index contributed by atoms with van der Waals surface area (Å²) in [7, 11) is 0. The minimum absolute atomic E-state index is 0. The summed E-state index contributed by atoms with van der Waals surface area (Å²) in [6.07, 6.45) is 1.17. The molecule has 1 saturated carbocycles. The van der Waals surface area contributed by atoms with Gasteiger partial charge in [0, 0.05) is 18.4 Å². The predicted octanol–water partition coefficient (Wildman–Crippen LogP) is -8.44. The molecular weight excluding hydrogens is 402 g/mol. The van der Waals surface area contributed by atoms with Crippen molar-refractivity contribution in [3.05, 3.63) is 0 Å². The summed E-state index contributed by atoms with van der Waals surface area (Å²) >= 11 is 0. The smallest absolute Gasteiger partial charge is 0.550 e. The molecule has 0 aromatic rings. The Hall–Kier alpha value is -0.160. The van der Waals surface area contributed by atoms with E-state index in [1.165, 1.54) is 6.92 Å². The molecule has 1 aliphatic carbocycles. The molecule has 0 saturated heterocycles. The maximum Gasteiger partial charge on any atom is 1.00 e. The van der Waals surface area contributed by atoms with E-state index >= 15 is 0 Å². The van der Waals surface area contributed by atoms with Gasteiger partial charge >= 0.3 is 59.1 Å². The van der Waals surface area contributed by atoms with E-state index in [0.29, 0.717) is 32.2 Å². The van der Waals surface area contributed by atoms with Crippen molar-refractivity contribution in [3.63, 3.8) is 0 Å². The molecule has 1 fully saturated rings. The van der Waals surface area contributed by atoms with Gasteiger partial charge in [-0.3, -0.25) is 9.59 Å². The quantitative estimate of drug-likeness (QED) is 0.290. The normalized spacial score (nSPS) is 22.8. The van der Waals surface area contributed by atoms with Gasteiger partial charge in [0.05, 0.1) is 24.5 Å². The third-order valence-corrected chi connectivity index (χ3v) is 5.14.